The van der Waals surface area contributed by atoms with Crippen LogP contribution in [-0.4, -0.2) is 25.0 Å². The van der Waals surface area contributed by atoms with E-state index in [-0.39, 0.29) is 18.4 Å². The van der Waals surface area contributed by atoms with Crippen LogP contribution < -0.4 is 15.0 Å². The number of rotatable bonds is 6. The van der Waals surface area contributed by atoms with E-state index in [4.69, 9.17) is 27.9 Å². The SMILES string of the molecule is CC(C)CN1C(=O)CCc2cc(NC(=O)COc3ccc(Cl)cc3Cl)ccc21. The third-order valence-corrected chi connectivity index (χ3v) is 4.89. The lowest BCUT2D eigenvalue weighted by Crippen LogP contribution is -2.37. The molecule has 0 spiro atoms. The Morgan fingerprint density at radius 3 is 2.68 bits per heavy atom. The molecule has 3 rings (SSSR count). The number of fused-ring (bicyclic) bond motifs is 1. The molecule has 0 radical (unpaired) electrons. The van der Waals surface area contributed by atoms with Crippen molar-refractivity contribution >= 4 is 46.4 Å². The molecule has 0 saturated carbocycles. The molecule has 0 aliphatic carbocycles. The van der Waals surface area contributed by atoms with Crippen molar-refractivity contribution in [1.82, 2.24) is 0 Å². The fourth-order valence-electron chi connectivity index (χ4n) is 3.14. The van der Waals surface area contributed by atoms with Gasteiger partial charge in [0.15, 0.2) is 6.61 Å². The number of amides is 2. The Balaban J connectivity index is 1.65. The molecule has 0 bridgehead atoms. The highest BCUT2D eigenvalue weighted by Crippen LogP contribution is 2.31. The van der Waals surface area contributed by atoms with Gasteiger partial charge in [0.1, 0.15) is 5.75 Å². The van der Waals surface area contributed by atoms with Crippen molar-refractivity contribution in [2.45, 2.75) is 26.7 Å². The van der Waals surface area contributed by atoms with Crippen molar-refractivity contribution in [3.8, 4) is 5.75 Å². The van der Waals surface area contributed by atoms with E-state index in [1.807, 2.05) is 17.0 Å². The maximum atomic E-state index is 12.2. The maximum absolute atomic E-state index is 12.2. The normalized spacial score (nSPS) is 13.5. The highest BCUT2D eigenvalue weighted by molar-refractivity contribution is 6.35. The number of hydrogen-bond acceptors (Lipinski definition) is 3. The van der Waals surface area contributed by atoms with Crippen molar-refractivity contribution in [3.63, 3.8) is 0 Å². The van der Waals surface area contributed by atoms with Gasteiger partial charge in [0.2, 0.25) is 5.91 Å². The van der Waals surface area contributed by atoms with Crippen LogP contribution in [0.15, 0.2) is 36.4 Å². The van der Waals surface area contributed by atoms with Gasteiger partial charge >= 0.3 is 0 Å². The summed E-state index contributed by atoms with van der Waals surface area (Å²) >= 11 is 11.9. The van der Waals surface area contributed by atoms with Crippen LogP contribution >= 0.6 is 23.2 Å². The van der Waals surface area contributed by atoms with Crippen LogP contribution in [0.25, 0.3) is 0 Å². The molecule has 2 aromatic carbocycles. The third kappa shape index (κ3) is 4.97. The number of carbonyl (C=O) groups is 2. The molecule has 1 N–H and O–H groups in total. The molecular weight excluding hydrogens is 399 g/mol. The van der Waals surface area contributed by atoms with Crippen molar-refractivity contribution in [2.75, 3.05) is 23.4 Å². The van der Waals surface area contributed by atoms with E-state index in [1.165, 1.54) is 0 Å². The predicted octanol–water partition coefficient (Wildman–Crippen LogP) is 4.95. The number of benzene rings is 2. The Kier molecular flexibility index (Phi) is 6.47. The number of anilines is 2. The molecule has 28 heavy (non-hydrogen) atoms. The van der Waals surface area contributed by atoms with Gasteiger partial charge in [-0.25, -0.2) is 0 Å². The minimum absolute atomic E-state index is 0.145. The van der Waals surface area contributed by atoms with E-state index in [2.05, 4.69) is 19.2 Å². The van der Waals surface area contributed by atoms with E-state index >= 15 is 0 Å². The van der Waals surface area contributed by atoms with Crippen LogP contribution in [0.1, 0.15) is 25.8 Å². The molecular formula is C21H22Cl2N2O3. The molecule has 0 saturated heterocycles. The summed E-state index contributed by atoms with van der Waals surface area (Å²) in [6.07, 6.45) is 1.15. The van der Waals surface area contributed by atoms with Crippen LogP contribution in [0.5, 0.6) is 5.75 Å². The van der Waals surface area contributed by atoms with Crippen LogP contribution in [-0.2, 0) is 16.0 Å². The lowest BCUT2D eigenvalue weighted by molar-refractivity contribution is -0.119. The van der Waals surface area contributed by atoms with E-state index in [1.54, 1.807) is 24.3 Å². The molecule has 5 nitrogen and oxygen atoms in total. The monoisotopic (exact) mass is 420 g/mol. The number of nitrogens with zero attached hydrogens (tertiary/aromatic N) is 1. The molecule has 0 atom stereocenters. The summed E-state index contributed by atoms with van der Waals surface area (Å²) in [6, 6.07) is 10.4. The van der Waals surface area contributed by atoms with Crippen LogP contribution in [0.4, 0.5) is 11.4 Å². The quantitative estimate of drug-likeness (QED) is 0.719. The average Bonchev–Trinajstić information content (AvgIpc) is 2.63. The smallest absolute Gasteiger partial charge is 0.262 e. The van der Waals surface area contributed by atoms with Crippen molar-refractivity contribution < 1.29 is 14.3 Å². The first kappa shape index (κ1) is 20.5. The molecule has 0 unspecified atom stereocenters. The van der Waals surface area contributed by atoms with Crippen molar-refractivity contribution in [1.29, 1.82) is 0 Å². The summed E-state index contributed by atoms with van der Waals surface area (Å²) in [5, 5.41) is 3.68. The standard InChI is InChI=1S/C21H22Cl2N2O3/c1-13(2)11-25-18-6-5-16(9-14(18)3-8-21(25)27)24-20(26)12-28-19-7-4-15(22)10-17(19)23/h4-7,9-10,13H,3,8,11-12H2,1-2H3,(H,24,26). The lowest BCUT2D eigenvalue weighted by Gasteiger charge is -2.31. The first-order valence-electron chi connectivity index (χ1n) is 9.14. The van der Waals surface area contributed by atoms with E-state index in [9.17, 15) is 9.59 Å². The van der Waals surface area contributed by atoms with Gasteiger partial charge < -0.3 is 15.0 Å². The summed E-state index contributed by atoms with van der Waals surface area (Å²) in [6.45, 7) is 4.69. The van der Waals surface area contributed by atoms with Crippen molar-refractivity contribution in [3.05, 3.63) is 52.0 Å². The molecule has 1 aliphatic rings. The zero-order chi connectivity index (χ0) is 20.3. The minimum Gasteiger partial charge on any atom is -0.482 e. The molecule has 7 heteroatoms. The summed E-state index contributed by atoms with van der Waals surface area (Å²) in [7, 11) is 0. The molecule has 1 heterocycles. The third-order valence-electron chi connectivity index (χ3n) is 4.36. The minimum atomic E-state index is -0.295. The van der Waals surface area contributed by atoms with Crippen LogP contribution in [0, 0.1) is 5.92 Å². The highest BCUT2D eigenvalue weighted by Gasteiger charge is 2.25. The van der Waals surface area contributed by atoms with Gasteiger partial charge in [-0.2, -0.15) is 0 Å². The number of aryl methyl sites for hydroxylation is 1. The van der Waals surface area contributed by atoms with Gasteiger partial charge in [0, 0.05) is 29.4 Å². The Labute approximate surface area is 174 Å². The zero-order valence-electron chi connectivity index (χ0n) is 15.8. The largest absolute Gasteiger partial charge is 0.482 e. The molecule has 0 fully saturated rings. The number of hydrogen-bond donors (Lipinski definition) is 1. The Hall–Kier alpha value is -2.24. The molecule has 148 valence electrons. The molecule has 2 amide bonds. The van der Waals surface area contributed by atoms with Gasteiger partial charge in [0.25, 0.3) is 5.91 Å². The second kappa shape index (κ2) is 8.84. The van der Waals surface area contributed by atoms with Gasteiger partial charge in [-0.1, -0.05) is 37.0 Å². The fourth-order valence-corrected chi connectivity index (χ4v) is 3.60. The highest BCUT2D eigenvalue weighted by atomic mass is 35.5. The number of ether oxygens (including phenoxy) is 1. The van der Waals surface area contributed by atoms with Gasteiger partial charge in [-0.05, 0) is 54.3 Å². The molecule has 0 aromatic heterocycles. The van der Waals surface area contributed by atoms with Gasteiger partial charge in [0.05, 0.1) is 5.02 Å². The lowest BCUT2D eigenvalue weighted by atomic mass is 9.99. The number of halogens is 2. The number of nitrogens with one attached hydrogen (secondary N) is 1. The predicted molar refractivity (Wildman–Crippen MR) is 113 cm³/mol. The van der Waals surface area contributed by atoms with Crippen LogP contribution in [0.3, 0.4) is 0 Å². The number of carbonyl (C=O) groups excluding carboxylic acids is 2. The Bertz CT molecular complexity index is 899. The summed E-state index contributed by atoms with van der Waals surface area (Å²) in [5.74, 6) is 0.628. The summed E-state index contributed by atoms with van der Waals surface area (Å²) < 4.78 is 5.46. The second-order valence-corrected chi connectivity index (χ2v) is 8.00. The van der Waals surface area contributed by atoms with Crippen LogP contribution in [0.2, 0.25) is 10.0 Å². The molecule has 2 aromatic rings. The van der Waals surface area contributed by atoms with Gasteiger partial charge in [-0.3, -0.25) is 9.59 Å². The topological polar surface area (TPSA) is 58.6 Å². The van der Waals surface area contributed by atoms with Crippen molar-refractivity contribution in [2.24, 2.45) is 5.92 Å². The molecule has 1 aliphatic heterocycles. The first-order chi connectivity index (χ1) is 13.3. The first-order valence-corrected chi connectivity index (χ1v) is 9.90. The summed E-state index contributed by atoms with van der Waals surface area (Å²) in [4.78, 5) is 26.3. The van der Waals surface area contributed by atoms with E-state index in [0.29, 0.717) is 46.8 Å². The van der Waals surface area contributed by atoms with E-state index < -0.39 is 0 Å². The Morgan fingerprint density at radius 1 is 1.18 bits per heavy atom. The zero-order valence-corrected chi connectivity index (χ0v) is 17.3. The maximum Gasteiger partial charge on any atom is 0.262 e. The summed E-state index contributed by atoms with van der Waals surface area (Å²) in [5.41, 5.74) is 2.65. The second-order valence-electron chi connectivity index (χ2n) is 7.15. The van der Waals surface area contributed by atoms with E-state index in [0.717, 1.165) is 11.3 Å². The van der Waals surface area contributed by atoms with Gasteiger partial charge in [-0.15, -0.1) is 0 Å². The average molecular weight is 421 g/mol. The Morgan fingerprint density at radius 2 is 1.96 bits per heavy atom. The fraction of sp³-hybridized carbons (Fsp3) is 0.333.